The third-order valence-electron chi connectivity index (χ3n) is 2.40. The van der Waals surface area contributed by atoms with E-state index in [-0.39, 0.29) is 29.7 Å². The fourth-order valence-electron chi connectivity index (χ4n) is 1.53. The molecule has 1 heterocycles. The smallest absolute Gasteiger partial charge is 0.193 e. The minimum absolute atomic E-state index is 0. The number of aryl methyl sites for hydroxylation is 1. The summed E-state index contributed by atoms with van der Waals surface area (Å²) in [6, 6.07) is 0. The molecule has 0 bridgehead atoms. The number of thiazole rings is 1. The lowest BCUT2D eigenvalue weighted by atomic mass is 10.4. The lowest BCUT2D eigenvalue weighted by Gasteiger charge is -2.21. The molecule has 0 radical (unpaired) electrons. The minimum atomic E-state index is -2.96. The predicted octanol–water partition coefficient (Wildman–Crippen LogP) is 1.12. The summed E-state index contributed by atoms with van der Waals surface area (Å²) in [4.78, 5) is 10.4. The van der Waals surface area contributed by atoms with Crippen LogP contribution in [0.15, 0.2) is 10.4 Å². The van der Waals surface area contributed by atoms with E-state index in [2.05, 4.69) is 15.3 Å². The Bertz CT molecular complexity index is 542. The number of rotatable bonds is 5. The number of aromatic nitrogens is 1. The zero-order chi connectivity index (χ0) is 14.5. The Morgan fingerprint density at radius 3 is 2.65 bits per heavy atom. The minimum Gasteiger partial charge on any atom is -0.355 e. The summed E-state index contributed by atoms with van der Waals surface area (Å²) in [7, 11) is 0.610. The van der Waals surface area contributed by atoms with E-state index in [1.807, 2.05) is 24.3 Å². The van der Waals surface area contributed by atoms with E-state index < -0.39 is 9.84 Å². The summed E-state index contributed by atoms with van der Waals surface area (Å²) in [6.07, 6.45) is 1.22. The first-order valence-electron chi connectivity index (χ1n) is 5.82. The van der Waals surface area contributed by atoms with E-state index in [0.29, 0.717) is 19.0 Å². The van der Waals surface area contributed by atoms with E-state index in [0.717, 1.165) is 10.7 Å². The van der Waals surface area contributed by atoms with Crippen molar-refractivity contribution in [2.45, 2.75) is 13.5 Å². The Labute approximate surface area is 141 Å². The molecule has 0 aliphatic rings. The van der Waals surface area contributed by atoms with Crippen molar-refractivity contribution in [1.29, 1.82) is 0 Å². The second kappa shape index (κ2) is 8.78. The second-order valence-electron chi connectivity index (χ2n) is 4.32. The average Bonchev–Trinajstić information content (AvgIpc) is 2.68. The van der Waals surface area contributed by atoms with Crippen molar-refractivity contribution < 1.29 is 8.42 Å². The number of hydrogen-bond donors (Lipinski definition) is 1. The highest BCUT2D eigenvalue weighted by Gasteiger charge is 2.09. The summed E-state index contributed by atoms with van der Waals surface area (Å²) < 4.78 is 22.1. The van der Waals surface area contributed by atoms with Crippen molar-refractivity contribution >= 4 is 51.1 Å². The van der Waals surface area contributed by atoms with Crippen LogP contribution in [0.25, 0.3) is 0 Å². The third kappa shape index (κ3) is 7.39. The van der Waals surface area contributed by atoms with Crippen molar-refractivity contribution in [2.75, 3.05) is 32.6 Å². The van der Waals surface area contributed by atoms with E-state index in [9.17, 15) is 8.42 Å². The molecule has 1 N–H and O–H groups in total. The van der Waals surface area contributed by atoms with Gasteiger partial charge in [0, 0.05) is 32.3 Å². The lowest BCUT2D eigenvalue weighted by molar-refractivity contribution is 0.472. The first-order valence-corrected chi connectivity index (χ1v) is 8.76. The van der Waals surface area contributed by atoms with E-state index in [1.54, 1.807) is 18.4 Å². The number of nitrogens with zero attached hydrogens (tertiary/aromatic N) is 3. The van der Waals surface area contributed by atoms with Crippen molar-refractivity contribution in [3.8, 4) is 0 Å². The fourth-order valence-corrected chi connectivity index (χ4v) is 2.61. The predicted molar refractivity (Wildman–Crippen MR) is 94.8 cm³/mol. The molecule has 0 atom stereocenters. The topological polar surface area (TPSA) is 74.7 Å². The maximum Gasteiger partial charge on any atom is 0.193 e. The molecular weight excluding hydrogens is 411 g/mol. The zero-order valence-corrected chi connectivity index (χ0v) is 16.0. The molecule has 1 rings (SSSR count). The first kappa shape index (κ1) is 19.6. The fraction of sp³-hybridized carbons (Fsp3) is 0.636. The Morgan fingerprint density at radius 2 is 2.20 bits per heavy atom. The highest BCUT2D eigenvalue weighted by Crippen LogP contribution is 2.09. The van der Waals surface area contributed by atoms with Crippen molar-refractivity contribution in [2.24, 2.45) is 4.99 Å². The highest BCUT2D eigenvalue weighted by molar-refractivity contribution is 14.0. The Hall–Kier alpha value is -0.420. The van der Waals surface area contributed by atoms with Gasteiger partial charge in [0.15, 0.2) is 5.96 Å². The van der Waals surface area contributed by atoms with Gasteiger partial charge in [-0.25, -0.2) is 13.4 Å². The van der Waals surface area contributed by atoms with Crippen LogP contribution >= 0.6 is 35.3 Å². The summed E-state index contributed by atoms with van der Waals surface area (Å²) in [5.74, 6) is 0.754. The molecule has 0 aliphatic heterocycles. The van der Waals surface area contributed by atoms with E-state index in [4.69, 9.17) is 0 Å². The molecule has 6 nitrogen and oxygen atoms in total. The third-order valence-corrected chi connectivity index (χ3v) is 4.16. The number of halogens is 1. The molecule has 0 saturated carbocycles. The van der Waals surface area contributed by atoms with Crippen LogP contribution in [0.5, 0.6) is 0 Å². The SMILES string of the molecule is CN=C(NCCS(C)(=O)=O)N(C)Cc1csc(C)n1.I. The molecule has 9 heteroatoms. The molecule has 0 aliphatic carbocycles. The van der Waals surface area contributed by atoms with Gasteiger partial charge in [-0.3, -0.25) is 4.99 Å². The quantitative estimate of drug-likeness (QED) is 0.429. The Kier molecular flexibility index (Phi) is 8.59. The molecule has 116 valence electrons. The normalized spacial score (nSPS) is 11.9. The summed E-state index contributed by atoms with van der Waals surface area (Å²) in [5, 5.41) is 6.07. The standard InChI is InChI=1S/C11H20N4O2S2.HI/c1-9-14-10(8-18-9)7-15(3)11(12-2)13-5-6-19(4,16)17;/h8H,5-7H2,1-4H3,(H,12,13);1H. The largest absolute Gasteiger partial charge is 0.355 e. The lowest BCUT2D eigenvalue weighted by Crippen LogP contribution is -2.40. The Balaban J connectivity index is 0.00000361. The number of nitrogens with one attached hydrogen (secondary N) is 1. The van der Waals surface area contributed by atoms with Gasteiger partial charge >= 0.3 is 0 Å². The molecule has 0 spiro atoms. The molecule has 0 amide bonds. The van der Waals surface area contributed by atoms with Crippen LogP contribution in [0, 0.1) is 6.92 Å². The molecular formula is C11H21IN4O2S2. The van der Waals surface area contributed by atoms with Crippen LogP contribution < -0.4 is 5.32 Å². The van der Waals surface area contributed by atoms with E-state index in [1.165, 1.54) is 6.26 Å². The van der Waals surface area contributed by atoms with Crippen LogP contribution in [0.3, 0.4) is 0 Å². The van der Waals surface area contributed by atoms with Gasteiger partial charge in [0.05, 0.1) is 23.0 Å². The van der Waals surface area contributed by atoms with Gasteiger partial charge < -0.3 is 10.2 Å². The molecule has 1 aromatic rings. The number of sulfone groups is 1. The van der Waals surface area contributed by atoms with Crippen LogP contribution in [-0.4, -0.2) is 56.9 Å². The summed E-state index contributed by atoms with van der Waals surface area (Å²) in [6.45, 7) is 2.96. The maximum absolute atomic E-state index is 11.1. The zero-order valence-electron chi connectivity index (χ0n) is 12.1. The summed E-state index contributed by atoms with van der Waals surface area (Å²) >= 11 is 1.61. The van der Waals surface area contributed by atoms with Crippen molar-refractivity contribution in [1.82, 2.24) is 15.2 Å². The second-order valence-corrected chi connectivity index (χ2v) is 7.64. The van der Waals surface area contributed by atoms with Crippen LogP contribution in [0.2, 0.25) is 0 Å². The number of guanidine groups is 1. The van der Waals surface area contributed by atoms with Crippen molar-refractivity contribution in [3.05, 3.63) is 16.1 Å². The molecule has 1 aromatic heterocycles. The maximum atomic E-state index is 11.1. The molecule has 20 heavy (non-hydrogen) atoms. The number of aliphatic imine (C=N–C) groups is 1. The van der Waals surface area contributed by atoms with Gasteiger partial charge in [-0.1, -0.05) is 0 Å². The molecule has 0 saturated heterocycles. The van der Waals surface area contributed by atoms with Gasteiger partial charge in [0.1, 0.15) is 9.84 Å². The van der Waals surface area contributed by atoms with Crippen LogP contribution in [-0.2, 0) is 16.4 Å². The van der Waals surface area contributed by atoms with E-state index >= 15 is 0 Å². The highest BCUT2D eigenvalue weighted by atomic mass is 127. The molecule has 0 unspecified atom stereocenters. The first-order chi connectivity index (χ1) is 8.81. The number of hydrogen-bond acceptors (Lipinski definition) is 5. The average molecular weight is 432 g/mol. The Morgan fingerprint density at radius 1 is 1.55 bits per heavy atom. The summed E-state index contributed by atoms with van der Waals surface area (Å²) in [5.41, 5.74) is 0.982. The molecule has 0 aromatic carbocycles. The van der Waals surface area contributed by atoms with Gasteiger partial charge in [-0.2, -0.15) is 0 Å². The van der Waals surface area contributed by atoms with Gasteiger partial charge in [-0.05, 0) is 6.92 Å². The monoisotopic (exact) mass is 432 g/mol. The van der Waals surface area contributed by atoms with Crippen LogP contribution in [0.1, 0.15) is 10.7 Å². The van der Waals surface area contributed by atoms with Gasteiger partial charge in [-0.15, -0.1) is 35.3 Å². The van der Waals surface area contributed by atoms with Crippen LogP contribution in [0.4, 0.5) is 0 Å². The van der Waals surface area contributed by atoms with Gasteiger partial charge in [0.25, 0.3) is 0 Å². The van der Waals surface area contributed by atoms with Crippen molar-refractivity contribution in [3.63, 3.8) is 0 Å². The molecule has 0 fully saturated rings. The van der Waals surface area contributed by atoms with Gasteiger partial charge in [0.2, 0.25) is 0 Å².